The third-order valence-corrected chi connectivity index (χ3v) is 4.02. The van der Waals surface area contributed by atoms with Gasteiger partial charge in [-0.25, -0.2) is 9.59 Å². The zero-order valence-electron chi connectivity index (χ0n) is 10.3. The smallest absolute Gasteiger partial charge is 0.337 e. The number of urea groups is 1. The van der Waals surface area contributed by atoms with Crippen molar-refractivity contribution in [1.82, 2.24) is 10.6 Å². The molecule has 0 aliphatic rings. The van der Waals surface area contributed by atoms with E-state index in [1.807, 2.05) is 12.1 Å². The SMILES string of the molecule is CC(O)(CNC(=O)NCCc1ccc(Br)s1)C(=O)O. The second-order valence-electron chi connectivity index (χ2n) is 4.14. The van der Waals surface area contributed by atoms with Gasteiger partial charge in [0, 0.05) is 11.4 Å². The van der Waals surface area contributed by atoms with Crippen LogP contribution in [-0.2, 0) is 11.2 Å². The number of thiophene rings is 1. The van der Waals surface area contributed by atoms with E-state index in [4.69, 9.17) is 5.11 Å². The van der Waals surface area contributed by atoms with Gasteiger partial charge in [0.25, 0.3) is 0 Å². The van der Waals surface area contributed by atoms with Crippen LogP contribution in [-0.4, -0.2) is 40.9 Å². The summed E-state index contributed by atoms with van der Waals surface area (Å²) in [6.07, 6.45) is 0.693. The molecule has 0 aliphatic carbocycles. The lowest BCUT2D eigenvalue weighted by Crippen LogP contribution is -2.49. The second kappa shape index (κ2) is 6.88. The molecule has 0 radical (unpaired) electrons. The van der Waals surface area contributed by atoms with Crippen molar-refractivity contribution in [3.63, 3.8) is 0 Å². The molecule has 106 valence electrons. The predicted molar refractivity (Wildman–Crippen MR) is 75.4 cm³/mol. The molecule has 1 aromatic heterocycles. The van der Waals surface area contributed by atoms with Gasteiger partial charge < -0.3 is 20.8 Å². The van der Waals surface area contributed by atoms with Crippen molar-refractivity contribution in [3.8, 4) is 0 Å². The third-order valence-electron chi connectivity index (χ3n) is 2.34. The Morgan fingerprint density at radius 3 is 2.63 bits per heavy atom. The Labute approximate surface area is 123 Å². The van der Waals surface area contributed by atoms with Crippen molar-refractivity contribution >= 4 is 39.3 Å². The minimum Gasteiger partial charge on any atom is -0.479 e. The number of aliphatic hydroxyl groups is 1. The largest absolute Gasteiger partial charge is 0.479 e. The van der Waals surface area contributed by atoms with Gasteiger partial charge in [0.2, 0.25) is 0 Å². The van der Waals surface area contributed by atoms with E-state index < -0.39 is 17.6 Å². The number of rotatable bonds is 6. The van der Waals surface area contributed by atoms with Crippen LogP contribution >= 0.6 is 27.3 Å². The maximum Gasteiger partial charge on any atom is 0.337 e. The molecule has 0 fully saturated rings. The van der Waals surface area contributed by atoms with Crippen LogP contribution in [0.3, 0.4) is 0 Å². The highest BCUT2D eigenvalue weighted by atomic mass is 79.9. The Morgan fingerprint density at radius 1 is 1.42 bits per heavy atom. The molecule has 0 saturated heterocycles. The molecule has 0 bridgehead atoms. The molecule has 19 heavy (non-hydrogen) atoms. The highest BCUT2D eigenvalue weighted by molar-refractivity contribution is 9.11. The molecule has 1 rings (SSSR count). The first-order valence-electron chi connectivity index (χ1n) is 5.53. The van der Waals surface area contributed by atoms with Crippen molar-refractivity contribution in [2.75, 3.05) is 13.1 Å². The van der Waals surface area contributed by atoms with E-state index >= 15 is 0 Å². The van der Waals surface area contributed by atoms with Gasteiger partial charge in [0.05, 0.1) is 10.3 Å². The van der Waals surface area contributed by atoms with Gasteiger partial charge in [-0.15, -0.1) is 11.3 Å². The van der Waals surface area contributed by atoms with E-state index in [9.17, 15) is 14.7 Å². The number of carbonyl (C=O) groups is 2. The number of nitrogens with one attached hydrogen (secondary N) is 2. The van der Waals surface area contributed by atoms with Crippen LogP contribution in [0.1, 0.15) is 11.8 Å². The molecule has 0 spiro atoms. The molecule has 8 heteroatoms. The molecule has 0 saturated carbocycles. The zero-order valence-corrected chi connectivity index (χ0v) is 12.7. The van der Waals surface area contributed by atoms with Crippen molar-refractivity contribution in [2.45, 2.75) is 18.9 Å². The summed E-state index contributed by atoms with van der Waals surface area (Å²) >= 11 is 4.94. The van der Waals surface area contributed by atoms with Crippen molar-refractivity contribution < 1.29 is 19.8 Å². The van der Waals surface area contributed by atoms with Gasteiger partial charge in [-0.05, 0) is 41.4 Å². The summed E-state index contributed by atoms with van der Waals surface area (Å²) in [5.74, 6) is -1.38. The number of hydrogen-bond donors (Lipinski definition) is 4. The number of carbonyl (C=O) groups excluding carboxylic acids is 1. The first kappa shape index (κ1) is 15.9. The van der Waals surface area contributed by atoms with Crippen molar-refractivity contribution in [1.29, 1.82) is 0 Å². The quantitative estimate of drug-likeness (QED) is 0.619. The topological polar surface area (TPSA) is 98.7 Å². The molecule has 2 amide bonds. The minimum atomic E-state index is -1.96. The van der Waals surface area contributed by atoms with Crippen LogP contribution < -0.4 is 10.6 Å². The predicted octanol–water partition coefficient (Wildman–Crippen LogP) is 1.19. The highest BCUT2D eigenvalue weighted by Crippen LogP contribution is 2.21. The lowest BCUT2D eigenvalue weighted by Gasteiger charge is -2.18. The van der Waals surface area contributed by atoms with Crippen molar-refractivity contribution in [2.24, 2.45) is 0 Å². The Balaban J connectivity index is 2.23. The number of halogens is 1. The summed E-state index contributed by atoms with van der Waals surface area (Å²) in [5, 5.41) is 23.0. The monoisotopic (exact) mass is 350 g/mol. The summed E-state index contributed by atoms with van der Waals surface area (Å²) in [7, 11) is 0. The van der Waals surface area contributed by atoms with Crippen LogP contribution in [0.15, 0.2) is 15.9 Å². The highest BCUT2D eigenvalue weighted by Gasteiger charge is 2.30. The summed E-state index contributed by atoms with van der Waals surface area (Å²) in [6.45, 7) is 1.21. The molecule has 0 aromatic carbocycles. The number of carboxylic acids is 1. The van der Waals surface area contributed by atoms with Gasteiger partial charge >= 0.3 is 12.0 Å². The summed E-state index contributed by atoms with van der Waals surface area (Å²) < 4.78 is 1.03. The van der Waals surface area contributed by atoms with Gasteiger partial charge in [-0.2, -0.15) is 0 Å². The molecule has 1 aromatic rings. The van der Waals surface area contributed by atoms with Crippen LogP contribution in [0.5, 0.6) is 0 Å². The van der Waals surface area contributed by atoms with Crippen molar-refractivity contribution in [3.05, 3.63) is 20.8 Å². The molecule has 4 N–H and O–H groups in total. The minimum absolute atomic E-state index is 0.348. The average Bonchev–Trinajstić information content (AvgIpc) is 2.72. The van der Waals surface area contributed by atoms with E-state index in [1.165, 1.54) is 0 Å². The van der Waals surface area contributed by atoms with Crippen LogP contribution in [0, 0.1) is 0 Å². The molecular weight excluding hydrogens is 336 g/mol. The van der Waals surface area contributed by atoms with Gasteiger partial charge in [0.1, 0.15) is 0 Å². The van der Waals surface area contributed by atoms with E-state index in [0.717, 1.165) is 15.6 Å². The Bertz CT molecular complexity index is 461. The van der Waals surface area contributed by atoms with E-state index in [-0.39, 0.29) is 6.54 Å². The zero-order chi connectivity index (χ0) is 14.5. The first-order valence-corrected chi connectivity index (χ1v) is 7.14. The first-order chi connectivity index (χ1) is 8.81. The maximum absolute atomic E-state index is 11.4. The lowest BCUT2D eigenvalue weighted by atomic mass is 10.1. The van der Waals surface area contributed by atoms with E-state index in [1.54, 1.807) is 11.3 Å². The van der Waals surface area contributed by atoms with Gasteiger partial charge in [0.15, 0.2) is 5.60 Å². The molecule has 1 unspecified atom stereocenters. The Kier molecular flexibility index (Phi) is 5.77. The van der Waals surface area contributed by atoms with Crippen LogP contribution in [0.4, 0.5) is 4.79 Å². The third kappa shape index (κ3) is 5.58. The normalized spacial score (nSPS) is 13.6. The number of carboxylic acid groups (broad SMARTS) is 1. The maximum atomic E-state index is 11.4. The fourth-order valence-electron chi connectivity index (χ4n) is 1.18. The Morgan fingerprint density at radius 2 is 2.11 bits per heavy atom. The Hall–Kier alpha value is -1.12. The fourth-order valence-corrected chi connectivity index (χ4v) is 2.66. The van der Waals surface area contributed by atoms with Crippen LogP contribution in [0.2, 0.25) is 0 Å². The molecule has 0 aliphatic heterocycles. The number of hydrogen-bond acceptors (Lipinski definition) is 4. The molecule has 6 nitrogen and oxygen atoms in total. The van der Waals surface area contributed by atoms with Crippen LogP contribution in [0.25, 0.3) is 0 Å². The van der Waals surface area contributed by atoms with E-state index in [0.29, 0.717) is 13.0 Å². The lowest BCUT2D eigenvalue weighted by molar-refractivity contribution is -0.155. The van der Waals surface area contributed by atoms with Gasteiger partial charge in [-0.3, -0.25) is 0 Å². The number of aliphatic carboxylic acids is 1. The van der Waals surface area contributed by atoms with E-state index in [2.05, 4.69) is 26.6 Å². The van der Waals surface area contributed by atoms with Gasteiger partial charge in [-0.1, -0.05) is 0 Å². The summed E-state index contributed by atoms with van der Waals surface area (Å²) in [6, 6.07) is 3.39. The summed E-state index contributed by atoms with van der Waals surface area (Å²) in [5.41, 5.74) is -1.96. The average molecular weight is 351 g/mol. The number of amides is 2. The fraction of sp³-hybridized carbons (Fsp3) is 0.455. The standard InChI is InChI=1S/C11H15BrN2O4S/c1-11(18,9(15)16)6-14-10(17)13-5-4-7-2-3-8(12)19-7/h2-3,18H,4-6H2,1H3,(H,15,16)(H2,13,14,17). The molecule has 1 atom stereocenters. The summed E-state index contributed by atoms with van der Waals surface area (Å²) in [4.78, 5) is 23.1. The second-order valence-corrected chi connectivity index (χ2v) is 6.69. The molecular formula is C11H15BrN2O4S. The molecule has 1 heterocycles.